The topological polar surface area (TPSA) is 27.0 Å². The molecule has 1 N–H and O–H groups in total. The second kappa shape index (κ2) is 6.44. The minimum absolute atomic E-state index is 0.573. The van der Waals surface area contributed by atoms with E-state index < -0.39 is 0 Å². The van der Waals surface area contributed by atoms with Crippen molar-refractivity contribution in [1.82, 2.24) is 10.6 Å². The van der Waals surface area contributed by atoms with Gasteiger partial charge in [0, 0.05) is 18.6 Å². The van der Waals surface area contributed by atoms with Gasteiger partial charge < -0.3 is 0 Å². The molecule has 2 nitrogen and oxygen atoms in total. The van der Waals surface area contributed by atoms with Gasteiger partial charge in [-0.25, -0.2) is 0 Å². The average molecular weight is 171 g/mol. The van der Waals surface area contributed by atoms with Crippen LogP contribution in [0.25, 0.3) is 0 Å². The van der Waals surface area contributed by atoms with Crippen LogP contribution in [0, 0.1) is 0 Å². The number of hydrogen-bond acceptors (Lipinski definition) is 1. The minimum atomic E-state index is 0.573. The molecule has 0 unspecified atom stereocenters. The third-order valence-corrected chi connectivity index (χ3v) is 2.17. The standard InChI is InChI=1S/C10H23N2/c1-9(2)12(10(3)4)8-6-5-7-11/h9-11H,5-8H2,1-4H3. The Morgan fingerprint density at radius 3 is 1.83 bits per heavy atom. The fourth-order valence-electron chi connectivity index (χ4n) is 1.53. The van der Waals surface area contributed by atoms with Crippen molar-refractivity contribution in [3.05, 3.63) is 0 Å². The van der Waals surface area contributed by atoms with Crippen LogP contribution in [-0.4, -0.2) is 30.1 Å². The largest absolute Gasteiger partial charge is 0.299 e. The van der Waals surface area contributed by atoms with E-state index in [0.29, 0.717) is 18.6 Å². The second-order valence-electron chi connectivity index (χ2n) is 3.88. The summed E-state index contributed by atoms with van der Waals surface area (Å²) in [5, 5.41) is 0. The van der Waals surface area contributed by atoms with E-state index in [9.17, 15) is 0 Å². The van der Waals surface area contributed by atoms with Gasteiger partial charge in [0.05, 0.1) is 0 Å². The fourth-order valence-corrected chi connectivity index (χ4v) is 1.53. The van der Waals surface area contributed by atoms with Crippen molar-refractivity contribution < 1.29 is 0 Å². The average Bonchev–Trinajstić information content (AvgIpc) is 1.96. The Kier molecular flexibility index (Phi) is 6.39. The molecule has 0 bridgehead atoms. The maximum absolute atomic E-state index is 7.04. The summed E-state index contributed by atoms with van der Waals surface area (Å²) in [5.41, 5.74) is 7.04. The highest BCUT2D eigenvalue weighted by Gasteiger charge is 2.11. The molecule has 1 radical (unpaired) electrons. The van der Waals surface area contributed by atoms with E-state index in [2.05, 4.69) is 32.6 Å². The summed E-state index contributed by atoms with van der Waals surface area (Å²) >= 11 is 0. The predicted octanol–water partition coefficient (Wildman–Crippen LogP) is 2.17. The molecule has 73 valence electrons. The molecule has 0 aromatic carbocycles. The molecule has 0 spiro atoms. The molecular weight excluding hydrogens is 148 g/mol. The molecule has 12 heavy (non-hydrogen) atoms. The lowest BCUT2D eigenvalue weighted by atomic mass is 10.2. The van der Waals surface area contributed by atoms with Crippen LogP contribution in [0.1, 0.15) is 40.5 Å². The highest BCUT2D eigenvalue weighted by Crippen LogP contribution is 2.06. The van der Waals surface area contributed by atoms with Crippen LogP contribution in [0.4, 0.5) is 0 Å². The first-order valence-electron chi connectivity index (χ1n) is 5.00. The number of unbranched alkanes of at least 4 members (excludes halogenated alkanes) is 1. The molecule has 0 heterocycles. The zero-order valence-electron chi connectivity index (χ0n) is 8.93. The van der Waals surface area contributed by atoms with Crippen molar-refractivity contribution >= 4 is 0 Å². The molecular formula is C10H23N2. The van der Waals surface area contributed by atoms with Crippen molar-refractivity contribution in [2.75, 3.05) is 13.1 Å². The van der Waals surface area contributed by atoms with Gasteiger partial charge in [-0.2, -0.15) is 0 Å². The van der Waals surface area contributed by atoms with E-state index in [1.807, 2.05) is 0 Å². The van der Waals surface area contributed by atoms with Gasteiger partial charge in [0.1, 0.15) is 0 Å². The lowest BCUT2D eigenvalue weighted by Crippen LogP contribution is -2.37. The van der Waals surface area contributed by atoms with Gasteiger partial charge in [-0.05, 0) is 47.1 Å². The van der Waals surface area contributed by atoms with Crippen molar-refractivity contribution in [1.29, 1.82) is 0 Å². The maximum Gasteiger partial charge on any atom is 0.0100 e. The van der Waals surface area contributed by atoms with Crippen LogP contribution in [0.15, 0.2) is 0 Å². The number of hydrogen-bond donors (Lipinski definition) is 0. The second-order valence-corrected chi connectivity index (χ2v) is 3.88. The Hall–Kier alpha value is -0.0800. The van der Waals surface area contributed by atoms with Gasteiger partial charge in [-0.15, -0.1) is 0 Å². The van der Waals surface area contributed by atoms with E-state index in [0.717, 1.165) is 13.0 Å². The quantitative estimate of drug-likeness (QED) is 0.563. The summed E-state index contributed by atoms with van der Waals surface area (Å²) in [6.45, 7) is 10.7. The number of nitrogens with one attached hydrogen (secondary N) is 1. The van der Waals surface area contributed by atoms with Gasteiger partial charge >= 0.3 is 0 Å². The molecule has 0 aliphatic carbocycles. The SMILES string of the molecule is CC(C)N(CCCC[NH])C(C)C. The van der Waals surface area contributed by atoms with E-state index in [1.54, 1.807) is 0 Å². The van der Waals surface area contributed by atoms with Gasteiger partial charge in [0.15, 0.2) is 0 Å². The Labute approximate surface area is 77.1 Å². The normalized spacial score (nSPS) is 12.0. The van der Waals surface area contributed by atoms with Crippen LogP contribution in [-0.2, 0) is 0 Å². The maximum atomic E-state index is 7.04. The summed E-state index contributed by atoms with van der Waals surface area (Å²) < 4.78 is 0. The van der Waals surface area contributed by atoms with Crippen LogP contribution in [0.5, 0.6) is 0 Å². The fraction of sp³-hybridized carbons (Fsp3) is 1.00. The molecule has 0 aromatic heterocycles. The third-order valence-electron chi connectivity index (χ3n) is 2.17. The summed E-state index contributed by atoms with van der Waals surface area (Å²) in [6, 6.07) is 1.27. The van der Waals surface area contributed by atoms with Crippen LogP contribution in [0.3, 0.4) is 0 Å². The van der Waals surface area contributed by atoms with Gasteiger partial charge in [0.25, 0.3) is 0 Å². The zero-order chi connectivity index (χ0) is 9.56. The zero-order valence-corrected chi connectivity index (χ0v) is 8.93. The van der Waals surface area contributed by atoms with Gasteiger partial charge in [-0.1, -0.05) is 0 Å². The predicted molar refractivity (Wildman–Crippen MR) is 54.2 cm³/mol. The van der Waals surface area contributed by atoms with Crippen molar-refractivity contribution in [3.63, 3.8) is 0 Å². The highest BCUT2D eigenvalue weighted by atomic mass is 15.2. The first-order chi connectivity index (χ1) is 5.59. The molecule has 0 aliphatic heterocycles. The number of nitrogens with zero attached hydrogens (tertiary/aromatic N) is 1. The lowest BCUT2D eigenvalue weighted by molar-refractivity contribution is 0.172. The van der Waals surface area contributed by atoms with Crippen LogP contribution in [0.2, 0.25) is 0 Å². The molecule has 0 aliphatic rings. The first-order valence-corrected chi connectivity index (χ1v) is 5.00. The van der Waals surface area contributed by atoms with E-state index in [-0.39, 0.29) is 0 Å². The lowest BCUT2D eigenvalue weighted by Gasteiger charge is -2.30. The molecule has 0 aromatic rings. The monoisotopic (exact) mass is 171 g/mol. The molecule has 2 heteroatoms. The van der Waals surface area contributed by atoms with Crippen molar-refractivity contribution in [3.8, 4) is 0 Å². The molecule has 0 atom stereocenters. The Morgan fingerprint density at radius 2 is 1.50 bits per heavy atom. The van der Waals surface area contributed by atoms with Gasteiger partial charge in [0.2, 0.25) is 0 Å². The summed E-state index contributed by atoms with van der Waals surface area (Å²) in [4.78, 5) is 2.48. The van der Waals surface area contributed by atoms with Crippen LogP contribution >= 0.6 is 0 Å². The van der Waals surface area contributed by atoms with E-state index in [4.69, 9.17) is 5.73 Å². The van der Waals surface area contributed by atoms with E-state index >= 15 is 0 Å². The third kappa shape index (κ3) is 4.73. The summed E-state index contributed by atoms with van der Waals surface area (Å²) in [6.07, 6.45) is 2.20. The molecule has 0 fully saturated rings. The highest BCUT2D eigenvalue weighted by molar-refractivity contribution is 4.66. The molecule has 0 saturated heterocycles. The summed E-state index contributed by atoms with van der Waals surface area (Å²) in [7, 11) is 0. The molecule has 0 saturated carbocycles. The first kappa shape index (κ1) is 11.9. The van der Waals surface area contributed by atoms with Crippen molar-refractivity contribution in [2.45, 2.75) is 52.6 Å². The Bertz CT molecular complexity index is 92.0. The van der Waals surface area contributed by atoms with Gasteiger partial charge in [-0.3, -0.25) is 10.6 Å². The van der Waals surface area contributed by atoms with Crippen LogP contribution < -0.4 is 5.73 Å². The van der Waals surface area contributed by atoms with Crippen molar-refractivity contribution in [2.24, 2.45) is 0 Å². The summed E-state index contributed by atoms with van der Waals surface area (Å²) in [5.74, 6) is 0. The Morgan fingerprint density at radius 1 is 1.00 bits per heavy atom. The molecule has 0 rings (SSSR count). The Balaban J connectivity index is 3.64. The van der Waals surface area contributed by atoms with E-state index in [1.165, 1.54) is 6.42 Å². The molecule has 0 amide bonds. The number of rotatable bonds is 6. The minimum Gasteiger partial charge on any atom is -0.299 e. The smallest absolute Gasteiger partial charge is 0.0100 e.